The third-order valence-electron chi connectivity index (χ3n) is 8.63. The average molecular weight is 877 g/mol. The molecule has 0 aliphatic carbocycles. The molecule has 1 aliphatic heterocycles. The quantitative estimate of drug-likeness (QED) is 0.111. The Bertz CT molecular complexity index is 2230. The van der Waals surface area contributed by atoms with Crippen molar-refractivity contribution < 1.29 is 14.1 Å². The van der Waals surface area contributed by atoms with Gasteiger partial charge < -0.3 is 15.0 Å². The zero-order chi connectivity index (χ0) is 36.2. The summed E-state index contributed by atoms with van der Waals surface area (Å²) in [4.78, 5) is 11.1. The van der Waals surface area contributed by atoms with E-state index in [1.807, 2.05) is 85.9 Å². The van der Waals surface area contributed by atoms with E-state index >= 15 is 0 Å². The third kappa shape index (κ3) is 9.01. The second-order valence-electron chi connectivity index (χ2n) is 12.5. The van der Waals surface area contributed by atoms with Gasteiger partial charge in [0, 0.05) is 50.6 Å². The van der Waals surface area contributed by atoms with Gasteiger partial charge in [0.15, 0.2) is 0 Å². The molecule has 4 N–H and O–H groups in total. The molecule has 0 atom stereocenters. The van der Waals surface area contributed by atoms with Crippen LogP contribution in [0.4, 0.5) is 5.69 Å². The van der Waals surface area contributed by atoms with Crippen LogP contribution in [0.1, 0.15) is 45.0 Å². The second-order valence-corrected chi connectivity index (χ2v) is 15.1. The summed E-state index contributed by atoms with van der Waals surface area (Å²) >= 11 is 10.2. The Kier molecular flexibility index (Phi) is 13.1. The predicted molar refractivity (Wildman–Crippen MR) is 218 cm³/mol. The van der Waals surface area contributed by atoms with E-state index in [-0.39, 0.29) is 32.6 Å². The first-order chi connectivity index (χ1) is 23.7. The van der Waals surface area contributed by atoms with Crippen LogP contribution in [0.3, 0.4) is 0 Å². The lowest BCUT2D eigenvalue weighted by atomic mass is 9.77. The van der Waals surface area contributed by atoms with Crippen LogP contribution < -0.4 is 11.2 Å². The van der Waals surface area contributed by atoms with Crippen molar-refractivity contribution in [1.29, 1.82) is 0 Å². The highest BCUT2D eigenvalue weighted by Gasteiger charge is 2.52. The molecule has 7 aromatic rings. The summed E-state index contributed by atoms with van der Waals surface area (Å²) in [5, 5.41) is 20.9. The molecule has 15 heteroatoms. The van der Waals surface area contributed by atoms with E-state index in [0.717, 1.165) is 62.8 Å². The number of H-pyrrole nitrogens is 2. The van der Waals surface area contributed by atoms with Crippen molar-refractivity contribution in [2.24, 2.45) is 0 Å². The highest BCUT2D eigenvalue weighted by atomic mass is 79.9. The average Bonchev–Trinajstić information content (AvgIpc) is 3.87. The lowest BCUT2D eigenvalue weighted by molar-refractivity contribution is 0.00578. The Labute approximate surface area is 324 Å². The second kappa shape index (κ2) is 16.7. The lowest BCUT2D eigenvalue weighted by Crippen LogP contribution is -2.41. The van der Waals surface area contributed by atoms with Crippen molar-refractivity contribution in [1.82, 2.24) is 30.2 Å². The highest BCUT2D eigenvalue weighted by Crippen LogP contribution is 2.37. The Balaban J connectivity index is 0.000000157. The van der Waals surface area contributed by atoms with Crippen molar-refractivity contribution in [3.63, 3.8) is 0 Å². The number of benzene rings is 4. The summed E-state index contributed by atoms with van der Waals surface area (Å²) in [6.07, 6.45) is 5.30. The molecule has 4 aromatic carbocycles. The molecule has 1 aliphatic rings. The van der Waals surface area contributed by atoms with Gasteiger partial charge in [-0.2, -0.15) is 15.3 Å². The number of nitrogen functional groups attached to an aromatic ring is 1. The number of aromatic nitrogens is 6. The molecular weight excluding hydrogens is 840 g/mol. The summed E-state index contributed by atoms with van der Waals surface area (Å²) in [5.41, 5.74) is 10.8. The van der Waals surface area contributed by atoms with Gasteiger partial charge in [0.25, 0.3) is 0 Å². The van der Waals surface area contributed by atoms with Crippen LogP contribution in [0.15, 0.2) is 105 Å². The van der Waals surface area contributed by atoms with Gasteiger partial charge in [-0.05, 0) is 88.1 Å². The number of rotatable bonds is 1. The van der Waals surface area contributed by atoms with Gasteiger partial charge >= 0.3 is 7.12 Å². The molecular formula is C36H37B2Br3N7O3. The molecule has 0 amide bonds. The van der Waals surface area contributed by atoms with Gasteiger partial charge in [-0.3, -0.25) is 15.0 Å². The van der Waals surface area contributed by atoms with Gasteiger partial charge in [-0.1, -0.05) is 78.1 Å². The zero-order valence-corrected chi connectivity index (χ0v) is 33.8. The molecule has 0 bridgehead atoms. The summed E-state index contributed by atoms with van der Waals surface area (Å²) in [7, 11) is -0.337. The molecule has 4 heterocycles. The molecule has 3 aromatic heterocycles. The molecule has 0 saturated carbocycles. The van der Waals surface area contributed by atoms with Crippen LogP contribution in [0.25, 0.3) is 32.7 Å². The molecule has 1 saturated heterocycles. The predicted octanol–water partition coefficient (Wildman–Crippen LogP) is 8.61. The van der Waals surface area contributed by atoms with Crippen LogP contribution in [-0.4, -0.2) is 62.8 Å². The van der Waals surface area contributed by atoms with E-state index < -0.39 is 0 Å². The van der Waals surface area contributed by atoms with Crippen molar-refractivity contribution in [2.45, 2.75) is 52.7 Å². The maximum absolute atomic E-state index is 11.1. The van der Waals surface area contributed by atoms with Crippen LogP contribution in [0.2, 0.25) is 0 Å². The number of nitrogens with two attached hydrogens (primary N) is 1. The number of anilines is 1. The fraction of sp³-hybridized carbons (Fsp3) is 0.222. The van der Waals surface area contributed by atoms with Crippen molar-refractivity contribution in [2.75, 3.05) is 5.73 Å². The SMILES string of the molecule is Brc1cccc2[nH]ncc12.CC(=O)n1ncc2c(Br)cccc21.CC1(C)OB(c2cccc3[nH]ncc23)OC1(C)C.Cc1c(N)cccc1Br.[B]. The van der Waals surface area contributed by atoms with E-state index in [2.05, 4.69) is 101 Å². The standard InChI is InChI=1S/C13H17BN2O2.C9H7BrN2O.C7H5BrN2.C7H8BrN.B/c1-12(2)13(3,4)18-14(17-12)10-6-5-7-11-9(10)8-15-16-11;1-6(13)12-9-4-2-3-8(10)7(9)5-11-12;8-6-2-1-3-7-5(6)4-9-10-7;1-5-6(8)3-2-4-7(5)9;/h5-8H,1-4H3,(H,15,16);2-5H,1H3;1-4H,(H,9,10);2-4H,9H2,1H3;. The molecule has 261 valence electrons. The van der Waals surface area contributed by atoms with Gasteiger partial charge in [0.05, 0.1) is 46.3 Å². The first-order valence-electron chi connectivity index (χ1n) is 15.7. The Hall–Kier alpha value is -3.75. The highest BCUT2D eigenvalue weighted by molar-refractivity contribution is 9.11. The van der Waals surface area contributed by atoms with Crippen molar-refractivity contribution >= 4 is 113 Å². The molecule has 8 rings (SSSR count). The largest absolute Gasteiger partial charge is 0.495 e. The Morgan fingerprint density at radius 3 is 1.82 bits per heavy atom. The van der Waals surface area contributed by atoms with E-state index in [4.69, 9.17) is 15.0 Å². The fourth-order valence-electron chi connectivity index (χ4n) is 4.99. The van der Waals surface area contributed by atoms with Gasteiger partial charge in [0.1, 0.15) is 0 Å². The van der Waals surface area contributed by atoms with Gasteiger partial charge in [-0.15, -0.1) is 0 Å². The molecule has 1 fully saturated rings. The monoisotopic (exact) mass is 874 g/mol. The number of nitrogens with zero attached hydrogens (tertiary/aromatic N) is 4. The van der Waals surface area contributed by atoms with Gasteiger partial charge in [0.2, 0.25) is 5.91 Å². The normalized spacial score (nSPS) is 14.1. The van der Waals surface area contributed by atoms with E-state index in [1.165, 1.54) is 11.6 Å². The lowest BCUT2D eigenvalue weighted by Gasteiger charge is -2.32. The van der Waals surface area contributed by atoms with Crippen LogP contribution in [0.5, 0.6) is 0 Å². The van der Waals surface area contributed by atoms with Crippen LogP contribution in [-0.2, 0) is 9.31 Å². The Morgan fingerprint density at radius 1 is 0.745 bits per heavy atom. The summed E-state index contributed by atoms with van der Waals surface area (Å²) in [6.45, 7) is 11.7. The number of carbonyl (C=O) groups excluding carboxylic acids is 1. The van der Waals surface area contributed by atoms with Crippen molar-refractivity contribution in [3.8, 4) is 0 Å². The number of fused-ring (bicyclic) bond motifs is 3. The summed E-state index contributed by atoms with van der Waals surface area (Å²) < 4.78 is 16.6. The topological polar surface area (TPSA) is 137 Å². The third-order valence-corrected chi connectivity index (χ3v) is 10.9. The molecule has 51 heavy (non-hydrogen) atoms. The minimum Gasteiger partial charge on any atom is -0.399 e. The number of aromatic amines is 2. The Morgan fingerprint density at radius 2 is 1.25 bits per heavy atom. The molecule has 10 nitrogen and oxygen atoms in total. The van der Waals surface area contributed by atoms with Gasteiger partial charge in [-0.25, -0.2) is 4.68 Å². The number of nitrogens with one attached hydrogen (secondary N) is 2. The summed E-state index contributed by atoms with van der Waals surface area (Å²) in [5.74, 6) is -0.0758. The number of carbonyl (C=O) groups is 1. The van der Waals surface area contributed by atoms with E-state index in [0.29, 0.717) is 0 Å². The minimum atomic E-state index is -0.337. The maximum atomic E-state index is 11.1. The minimum absolute atomic E-state index is 0. The first kappa shape index (κ1) is 40.0. The van der Waals surface area contributed by atoms with E-state index in [1.54, 1.807) is 12.4 Å². The molecule has 0 unspecified atom stereocenters. The maximum Gasteiger partial charge on any atom is 0.495 e. The fourth-order valence-corrected chi connectivity index (χ4v) is 6.30. The summed E-state index contributed by atoms with van der Waals surface area (Å²) in [6, 6.07) is 23.4. The first-order valence-corrected chi connectivity index (χ1v) is 18.1. The number of hydrogen-bond donors (Lipinski definition) is 3. The number of hydrogen-bond acceptors (Lipinski definition) is 7. The number of halogens is 3. The van der Waals surface area contributed by atoms with Crippen LogP contribution in [0, 0.1) is 6.92 Å². The van der Waals surface area contributed by atoms with E-state index in [9.17, 15) is 4.79 Å². The van der Waals surface area contributed by atoms with Crippen LogP contribution >= 0.6 is 47.8 Å². The molecule has 3 radical (unpaired) electrons. The smallest absolute Gasteiger partial charge is 0.399 e. The van der Waals surface area contributed by atoms with Crippen molar-refractivity contribution in [3.05, 3.63) is 110 Å². The zero-order valence-electron chi connectivity index (χ0n) is 29.0. The molecule has 0 spiro atoms.